The Bertz CT molecular complexity index is 996. The minimum absolute atomic E-state index is 0.324. The molecule has 4 rings (SSSR count). The van der Waals surface area contributed by atoms with E-state index >= 15 is 0 Å². The lowest BCUT2D eigenvalue weighted by Gasteiger charge is -2.09. The number of aromatic amines is 1. The summed E-state index contributed by atoms with van der Waals surface area (Å²) in [6.45, 7) is 0.613. The van der Waals surface area contributed by atoms with Gasteiger partial charge in [-0.1, -0.05) is 48.5 Å². The molecule has 0 fully saturated rings. The molecular formula is C19H16N2O2. The van der Waals surface area contributed by atoms with E-state index in [-0.39, 0.29) is 5.97 Å². The van der Waals surface area contributed by atoms with Crippen LogP contribution in [0.15, 0.2) is 60.7 Å². The van der Waals surface area contributed by atoms with Crippen LogP contribution in [0.3, 0.4) is 0 Å². The maximum absolute atomic E-state index is 12.2. The first kappa shape index (κ1) is 13.6. The molecule has 23 heavy (non-hydrogen) atoms. The van der Waals surface area contributed by atoms with Crippen LogP contribution >= 0.6 is 0 Å². The zero-order valence-electron chi connectivity index (χ0n) is 12.7. The van der Waals surface area contributed by atoms with Crippen LogP contribution in [-0.2, 0) is 11.3 Å². The molecule has 1 N–H and O–H groups in total. The predicted molar refractivity (Wildman–Crippen MR) is 90.7 cm³/mol. The van der Waals surface area contributed by atoms with E-state index < -0.39 is 0 Å². The summed E-state index contributed by atoms with van der Waals surface area (Å²) in [5.74, 6) is -0.324. The number of rotatable bonds is 3. The zero-order chi connectivity index (χ0) is 15.8. The Morgan fingerprint density at radius 3 is 2.57 bits per heavy atom. The van der Waals surface area contributed by atoms with E-state index in [0.29, 0.717) is 12.2 Å². The molecule has 2 aromatic heterocycles. The van der Waals surface area contributed by atoms with Crippen LogP contribution < -0.4 is 0 Å². The highest BCUT2D eigenvalue weighted by atomic mass is 16.5. The van der Waals surface area contributed by atoms with Gasteiger partial charge in [0.05, 0.1) is 7.11 Å². The smallest absolute Gasteiger partial charge is 0.354 e. The highest BCUT2D eigenvalue weighted by Gasteiger charge is 2.19. The maximum atomic E-state index is 12.2. The van der Waals surface area contributed by atoms with Gasteiger partial charge in [0.25, 0.3) is 0 Å². The van der Waals surface area contributed by atoms with Crippen molar-refractivity contribution in [3.05, 3.63) is 71.9 Å². The van der Waals surface area contributed by atoms with E-state index in [4.69, 9.17) is 4.74 Å². The van der Waals surface area contributed by atoms with Crippen molar-refractivity contribution < 1.29 is 9.53 Å². The monoisotopic (exact) mass is 304 g/mol. The summed E-state index contributed by atoms with van der Waals surface area (Å²) in [7, 11) is 1.41. The molecule has 0 bridgehead atoms. The van der Waals surface area contributed by atoms with Crippen LogP contribution in [0.2, 0.25) is 0 Å². The molecule has 0 aliphatic rings. The molecule has 0 aliphatic carbocycles. The number of H-pyrrole nitrogens is 1. The number of hydrogen-bond acceptors (Lipinski definition) is 2. The summed E-state index contributed by atoms with van der Waals surface area (Å²) in [5.41, 5.74) is 3.70. The molecule has 0 saturated heterocycles. The van der Waals surface area contributed by atoms with Gasteiger partial charge in [0.1, 0.15) is 11.3 Å². The number of methoxy groups -OCH3 is 1. The molecular weight excluding hydrogens is 288 g/mol. The number of carbonyl (C=O) groups is 1. The van der Waals surface area contributed by atoms with Gasteiger partial charge in [0, 0.05) is 22.8 Å². The van der Waals surface area contributed by atoms with Crippen molar-refractivity contribution in [1.29, 1.82) is 0 Å². The molecule has 4 nitrogen and oxygen atoms in total. The third kappa shape index (κ3) is 2.19. The second-order valence-corrected chi connectivity index (χ2v) is 5.53. The fourth-order valence-electron chi connectivity index (χ4n) is 3.05. The summed E-state index contributed by atoms with van der Waals surface area (Å²) in [4.78, 5) is 15.6. The summed E-state index contributed by atoms with van der Waals surface area (Å²) in [6, 6.07) is 20.1. The minimum atomic E-state index is -0.324. The lowest BCUT2D eigenvalue weighted by atomic mass is 10.2. The van der Waals surface area contributed by atoms with Gasteiger partial charge in [0.15, 0.2) is 0 Å². The summed E-state index contributed by atoms with van der Waals surface area (Å²) < 4.78 is 6.93. The van der Waals surface area contributed by atoms with Crippen molar-refractivity contribution in [2.24, 2.45) is 0 Å². The van der Waals surface area contributed by atoms with Gasteiger partial charge in [-0.15, -0.1) is 0 Å². The number of aromatic nitrogens is 2. The van der Waals surface area contributed by atoms with Gasteiger partial charge in [-0.05, 0) is 17.7 Å². The molecule has 0 amide bonds. The van der Waals surface area contributed by atoms with Gasteiger partial charge in [-0.2, -0.15) is 0 Å². The van der Waals surface area contributed by atoms with E-state index in [2.05, 4.69) is 23.2 Å². The quantitative estimate of drug-likeness (QED) is 0.582. The Labute approximate surface area is 133 Å². The van der Waals surface area contributed by atoms with Crippen LogP contribution in [0.1, 0.15) is 16.1 Å². The Morgan fingerprint density at radius 2 is 1.78 bits per heavy atom. The van der Waals surface area contributed by atoms with Gasteiger partial charge >= 0.3 is 5.97 Å². The Hall–Kier alpha value is -3.01. The molecule has 2 aromatic carbocycles. The van der Waals surface area contributed by atoms with Crippen LogP contribution in [0.4, 0.5) is 0 Å². The summed E-state index contributed by atoms with van der Waals surface area (Å²) in [5, 5.41) is 2.15. The number of esters is 1. The molecule has 0 unspecified atom stereocenters. The fourth-order valence-corrected chi connectivity index (χ4v) is 3.05. The molecule has 0 atom stereocenters. The van der Waals surface area contributed by atoms with Crippen molar-refractivity contribution in [2.75, 3.05) is 7.11 Å². The number of nitrogens with one attached hydrogen (secondary N) is 1. The van der Waals surface area contributed by atoms with Gasteiger partial charge in [-0.25, -0.2) is 4.79 Å². The Balaban J connectivity index is 1.96. The molecule has 0 aliphatic heterocycles. The van der Waals surface area contributed by atoms with Gasteiger partial charge < -0.3 is 14.3 Å². The lowest BCUT2D eigenvalue weighted by Crippen LogP contribution is -2.11. The zero-order valence-corrected chi connectivity index (χ0v) is 12.7. The Morgan fingerprint density at radius 1 is 1.04 bits per heavy atom. The average Bonchev–Trinajstić information content (AvgIpc) is 3.12. The third-order valence-corrected chi connectivity index (χ3v) is 4.15. The molecule has 0 spiro atoms. The van der Waals surface area contributed by atoms with Crippen molar-refractivity contribution >= 4 is 27.9 Å². The van der Waals surface area contributed by atoms with Crippen molar-refractivity contribution in [1.82, 2.24) is 9.55 Å². The van der Waals surface area contributed by atoms with Crippen molar-refractivity contribution in [3.63, 3.8) is 0 Å². The number of carbonyl (C=O) groups excluding carboxylic acids is 1. The molecule has 0 radical (unpaired) electrons. The standard InChI is InChI=1S/C19H16N2O2/c1-23-19(22)17-11-15-14-9-5-6-10-16(14)20-18(15)21(17)12-13-7-3-2-4-8-13/h2-11,20H,12H2,1H3. The van der Waals surface area contributed by atoms with Crippen LogP contribution in [0.5, 0.6) is 0 Å². The molecule has 4 heteroatoms. The maximum Gasteiger partial charge on any atom is 0.354 e. The molecule has 114 valence electrons. The lowest BCUT2D eigenvalue weighted by molar-refractivity contribution is 0.0589. The average molecular weight is 304 g/mol. The SMILES string of the molecule is COC(=O)c1cc2c3ccccc3[nH]c2n1Cc1ccccc1. The Kier molecular flexibility index (Phi) is 3.15. The second kappa shape index (κ2) is 5.32. The number of benzene rings is 2. The first-order chi connectivity index (χ1) is 11.3. The number of para-hydroxylation sites is 1. The highest BCUT2D eigenvalue weighted by Crippen LogP contribution is 2.29. The fraction of sp³-hybridized carbons (Fsp3) is 0.105. The first-order valence-electron chi connectivity index (χ1n) is 7.50. The number of nitrogens with zero attached hydrogens (tertiary/aromatic N) is 1. The van der Waals surface area contributed by atoms with Crippen LogP contribution in [0.25, 0.3) is 21.9 Å². The predicted octanol–water partition coefficient (Wildman–Crippen LogP) is 3.96. The molecule has 2 heterocycles. The number of ether oxygens (including phenoxy) is 1. The van der Waals surface area contributed by atoms with E-state index in [1.807, 2.05) is 47.0 Å². The number of fused-ring (bicyclic) bond motifs is 3. The van der Waals surface area contributed by atoms with Crippen LogP contribution in [-0.4, -0.2) is 22.6 Å². The molecule has 4 aromatic rings. The topological polar surface area (TPSA) is 47.0 Å². The summed E-state index contributed by atoms with van der Waals surface area (Å²) in [6.07, 6.45) is 0. The minimum Gasteiger partial charge on any atom is -0.464 e. The van der Waals surface area contributed by atoms with Crippen molar-refractivity contribution in [2.45, 2.75) is 6.54 Å². The normalized spacial score (nSPS) is 11.2. The van der Waals surface area contributed by atoms with E-state index in [0.717, 1.165) is 27.5 Å². The van der Waals surface area contributed by atoms with E-state index in [1.165, 1.54) is 7.11 Å². The van der Waals surface area contributed by atoms with Gasteiger partial charge in [-0.3, -0.25) is 0 Å². The van der Waals surface area contributed by atoms with Crippen LogP contribution in [0, 0.1) is 0 Å². The molecule has 0 saturated carbocycles. The first-order valence-corrected chi connectivity index (χ1v) is 7.50. The summed E-state index contributed by atoms with van der Waals surface area (Å²) >= 11 is 0. The van der Waals surface area contributed by atoms with Crippen molar-refractivity contribution in [3.8, 4) is 0 Å². The largest absolute Gasteiger partial charge is 0.464 e. The highest BCUT2D eigenvalue weighted by molar-refractivity contribution is 6.09. The van der Waals surface area contributed by atoms with Gasteiger partial charge in [0.2, 0.25) is 0 Å². The third-order valence-electron chi connectivity index (χ3n) is 4.15. The number of hydrogen-bond donors (Lipinski definition) is 1. The van der Waals surface area contributed by atoms with E-state index in [1.54, 1.807) is 0 Å². The second-order valence-electron chi connectivity index (χ2n) is 5.53. The van der Waals surface area contributed by atoms with E-state index in [9.17, 15) is 4.79 Å².